The molecule has 3 nitrogen and oxygen atoms in total. The van der Waals surface area contributed by atoms with Gasteiger partial charge in [0.25, 0.3) is 0 Å². The van der Waals surface area contributed by atoms with E-state index in [4.69, 9.17) is 4.74 Å². The molecule has 0 spiro atoms. The van der Waals surface area contributed by atoms with Gasteiger partial charge in [-0.1, -0.05) is 22.3 Å². The van der Waals surface area contributed by atoms with Crippen molar-refractivity contribution >= 4 is 5.91 Å². The van der Waals surface area contributed by atoms with E-state index in [1.165, 1.54) is 0 Å². The summed E-state index contributed by atoms with van der Waals surface area (Å²) < 4.78 is 4.95. The molecule has 0 saturated heterocycles. The van der Waals surface area contributed by atoms with Crippen LogP contribution in [0.25, 0.3) is 0 Å². The van der Waals surface area contributed by atoms with Gasteiger partial charge in [-0.05, 0) is 6.92 Å². The number of nitrogens with one attached hydrogen (secondary N) is 1. The zero-order valence-corrected chi connectivity index (χ0v) is 5.94. The molecule has 0 radical (unpaired) electrons. The van der Waals surface area contributed by atoms with E-state index in [1.807, 2.05) is 6.92 Å². The predicted octanol–water partition coefficient (Wildman–Crippen LogP) is 2.07. The third kappa shape index (κ3) is 16.2. The molecule has 78 valence electrons. The van der Waals surface area contributed by atoms with Crippen LogP contribution in [0.3, 0.4) is 0 Å². The number of carbonyl (C=O) groups excluding carboxylic acids is 1. The molecule has 0 aliphatic carbocycles. The smallest absolute Gasteiger partial charge is 0.222 e. The molecule has 0 fully saturated rings. The summed E-state index contributed by atoms with van der Waals surface area (Å²) in [5, 5.41) is 2.50. The lowest BCUT2D eigenvalue weighted by atomic mass is 10.4. The van der Waals surface area contributed by atoms with E-state index in [2.05, 4.69) is 5.32 Å². The first kappa shape index (κ1) is 22.5. The van der Waals surface area contributed by atoms with Gasteiger partial charge in [0.2, 0.25) is 5.91 Å². The number of hydrogen-bond acceptors (Lipinski definition) is 2. The molecule has 0 aromatic heterocycles. The Balaban J connectivity index is -0.000000107. The lowest BCUT2D eigenvalue weighted by Gasteiger charge is -1.98. The van der Waals surface area contributed by atoms with Gasteiger partial charge in [0.1, 0.15) is 0 Å². The number of rotatable bonds is 4. The van der Waals surface area contributed by atoms with Crippen LogP contribution >= 0.6 is 0 Å². The Morgan fingerprint density at radius 1 is 1.33 bits per heavy atom. The van der Waals surface area contributed by atoms with Crippen molar-refractivity contribution in [1.29, 1.82) is 0 Å². The van der Waals surface area contributed by atoms with Crippen LogP contribution in [0.4, 0.5) is 0 Å². The van der Waals surface area contributed by atoms with Crippen LogP contribution in [0.15, 0.2) is 0 Å². The fourth-order valence-corrected chi connectivity index (χ4v) is 0.434. The van der Waals surface area contributed by atoms with Gasteiger partial charge in [-0.25, -0.2) is 0 Å². The Labute approximate surface area is 77.5 Å². The SMILES string of the molecule is C.C.C.CCOCCC(=O)NC. The van der Waals surface area contributed by atoms with E-state index in [-0.39, 0.29) is 28.2 Å². The minimum atomic E-state index is 0. The summed E-state index contributed by atoms with van der Waals surface area (Å²) in [5.41, 5.74) is 0. The lowest BCUT2D eigenvalue weighted by Crippen LogP contribution is -2.19. The molecule has 1 amide bonds. The third-order valence-electron chi connectivity index (χ3n) is 0.956. The van der Waals surface area contributed by atoms with Gasteiger partial charge in [-0.2, -0.15) is 0 Å². The molecule has 0 saturated carbocycles. The number of hydrogen-bond donors (Lipinski definition) is 1. The normalized spacial score (nSPS) is 6.83. The summed E-state index contributed by atoms with van der Waals surface area (Å²) in [6.45, 7) is 3.11. The fourth-order valence-electron chi connectivity index (χ4n) is 0.434. The second-order valence-electron chi connectivity index (χ2n) is 1.62. The molecule has 0 heterocycles. The molecular formula is C9H25NO2. The zero-order valence-electron chi connectivity index (χ0n) is 5.94. The molecular weight excluding hydrogens is 154 g/mol. The highest BCUT2D eigenvalue weighted by molar-refractivity contribution is 5.75. The van der Waals surface area contributed by atoms with Crippen LogP contribution in [-0.2, 0) is 9.53 Å². The number of carbonyl (C=O) groups is 1. The summed E-state index contributed by atoms with van der Waals surface area (Å²) >= 11 is 0. The molecule has 1 N–H and O–H groups in total. The van der Waals surface area contributed by atoms with E-state index in [9.17, 15) is 4.79 Å². The van der Waals surface area contributed by atoms with Gasteiger partial charge in [0, 0.05) is 20.1 Å². The summed E-state index contributed by atoms with van der Waals surface area (Å²) in [5.74, 6) is 0.0310. The van der Waals surface area contributed by atoms with Crippen LogP contribution < -0.4 is 5.32 Å². The first-order valence-corrected chi connectivity index (χ1v) is 3.09. The topological polar surface area (TPSA) is 38.3 Å². The Bertz CT molecular complexity index is 84.6. The van der Waals surface area contributed by atoms with E-state index >= 15 is 0 Å². The molecule has 0 aliphatic heterocycles. The van der Waals surface area contributed by atoms with Gasteiger partial charge < -0.3 is 10.1 Å². The minimum absolute atomic E-state index is 0. The van der Waals surface area contributed by atoms with Gasteiger partial charge >= 0.3 is 0 Å². The fraction of sp³-hybridized carbons (Fsp3) is 0.889. The maximum absolute atomic E-state index is 10.5. The van der Waals surface area contributed by atoms with Crippen molar-refractivity contribution in [3.63, 3.8) is 0 Å². The predicted molar refractivity (Wildman–Crippen MR) is 55.4 cm³/mol. The largest absolute Gasteiger partial charge is 0.381 e. The third-order valence-corrected chi connectivity index (χ3v) is 0.956. The maximum atomic E-state index is 10.5. The van der Waals surface area contributed by atoms with Crippen molar-refractivity contribution < 1.29 is 9.53 Å². The van der Waals surface area contributed by atoms with Crippen molar-refractivity contribution in [2.75, 3.05) is 20.3 Å². The van der Waals surface area contributed by atoms with E-state index in [1.54, 1.807) is 7.05 Å². The van der Waals surface area contributed by atoms with Crippen molar-refractivity contribution in [1.82, 2.24) is 5.32 Å². The van der Waals surface area contributed by atoms with Crippen LogP contribution in [0.5, 0.6) is 0 Å². The Morgan fingerprint density at radius 2 is 1.83 bits per heavy atom. The lowest BCUT2D eigenvalue weighted by molar-refractivity contribution is -0.121. The molecule has 0 unspecified atom stereocenters. The number of amides is 1. The summed E-state index contributed by atoms with van der Waals surface area (Å²) in [6.07, 6.45) is 0.463. The monoisotopic (exact) mass is 179 g/mol. The molecule has 0 aromatic carbocycles. The minimum Gasteiger partial charge on any atom is -0.381 e. The van der Waals surface area contributed by atoms with Gasteiger partial charge in [-0.15, -0.1) is 0 Å². The van der Waals surface area contributed by atoms with Gasteiger partial charge in [-0.3, -0.25) is 4.79 Å². The first-order valence-electron chi connectivity index (χ1n) is 3.09. The summed E-state index contributed by atoms with van der Waals surface area (Å²) in [4.78, 5) is 10.5. The van der Waals surface area contributed by atoms with E-state index in [0.717, 1.165) is 0 Å². The number of ether oxygens (including phenoxy) is 1. The molecule has 0 bridgehead atoms. The van der Waals surface area contributed by atoms with Crippen LogP contribution in [-0.4, -0.2) is 26.2 Å². The van der Waals surface area contributed by atoms with E-state index in [0.29, 0.717) is 19.6 Å². The maximum Gasteiger partial charge on any atom is 0.222 e. The standard InChI is InChI=1S/C6H13NO2.3CH4/c1-3-9-5-4-6(8)7-2;;;/h3-5H2,1-2H3,(H,7,8);3*1H4. The Kier molecular flexibility index (Phi) is 31.5. The van der Waals surface area contributed by atoms with Crippen molar-refractivity contribution in [2.24, 2.45) is 0 Å². The Hall–Kier alpha value is -0.570. The van der Waals surface area contributed by atoms with Crippen molar-refractivity contribution in [2.45, 2.75) is 35.6 Å². The highest BCUT2D eigenvalue weighted by Crippen LogP contribution is 1.80. The van der Waals surface area contributed by atoms with Crippen LogP contribution in [0, 0.1) is 0 Å². The second kappa shape index (κ2) is 16.8. The van der Waals surface area contributed by atoms with Crippen molar-refractivity contribution in [3.05, 3.63) is 0 Å². The van der Waals surface area contributed by atoms with Gasteiger partial charge in [0.15, 0.2) is 0 Å². The molecule has 0 aromatic rings. The second-order valence-corrected chi connectivity index (χ2v) is 1.62. The van der Waals surface area contributed by atoms with Gasteiger partial charge in [0.05, 0.1) is 6.61 Å². The first-order chi connectivity index (χ1) is 4.31. The highest BCUT2D eigenvalue weighted by Gasteiger charge is 1.94. The highest BCUT2D eigenvalue weighted by atomic mass is 16.5. The molecule has 12 heavy (non-hydrogen) atoms. The molecule has 0 rings (SSSR count). The molecule has 0 atom stereocenters. The zero-order chi connectivity index (χ0) is 7.11. The molecule has 0 aliphatic rings. The average molecular weight is 179 g/mol. The Morgan fingerprint density at radius 3 is 2.17 bits per heavy atom. The van der Waals surface area contributed by atoms with Crippen LogP contribution in [0.1, 0.15) is 35.6 Å². The summed E-state index contributed by atoms with van der Waals surface area (Å²) in [7, 11) is 1.62. The van der Waals surface area contributed by atoms with E-state index < -0.39 is 0 Å². The molecule has 3 heteroatoms. The quantitative estimate of drug-likeness (QED) is 0.671. The van der Waals surface area contributed by atoms with Crippen molar-refractivity contribution in [3.8, 4) is 0 Å². The summed E-state index contributed by atoms with van der Waals surface area (Å²) in [6, 6.07) is 0. The van der Waals surface area contributed by atoms with Crippen LogP contribution in [0.2, 0.25) is 0 Å². The average Bonchev–Trinajstić information content (AvgIpc) is 1.89.